The first kappa shape index (κ1) is 14.4. The third-order valence-corrected chi connectivity index (χ3v) is 2.20. The fraction of sp³-hybridized carbons (Fsp3) is 0. The van der Waals surface area contributed by atoms with Crippen LogP contribution >= 0.6 is 0 Å². The Morgan fingerprint density at radius 1 is 0.944 bits per heavy atom. The number of hydrogen-bond donors (Lipinski definition) is 0. The highest BCUT2D eigenvalue weighted by molar-refractivity contribution is 7.74. The van der Waals surface area contributed by atoms with Crippen LogP contribution in [0.2, 0.25) is 0 Å². The molecule has 0 spiro atoms. The summed E-state index contributed by atoms with van der Waals surface area (Å²) in [5.41, 5.74) is -0.490. The summed E-state index contributed by atoms with van der Waals surface area (Å²) in [6, 6.07) is 4.53. The molecule has 0 amide bonds. The minimum absolute atomic E-state index is 0.245. The van der Waals surface area contributed by atoms with E-state index in [1.165, 1.54) is 18.2 Å². The monoisotopic (exact) mass is 292 g/mol. The lowest BCUT2D eigenvalue weighted by Crippen LogP contribution is -2.10. The molecule has 2 atom stereocenters. The van der Waals surface area contributed by atoms with Crippen LogP contribution in [0.25, 0.3) is 0 Å². The van der Waals surface area contributed by atoms with Crippen LogP contribution in [0.5, 0.6) is 0 Å². The molecule has 0 aromatic heterocycles. The second kappa shape index (κ2) is 6.35. The van der Waals surface area contributed by atoms with Crippen LogP contribution in [0.15, 0.2) is 24.3 Å². The largest absolute Gasteiger partial charge is 0.740 e. The fourth-order valence-corrected chi connectivity index (χ4v) is 1.43. The van der Waals surface area contributed by atoms with Crippen molar-refractivity contribution in [2.75, 3.05) is 0 Å². The van der Waals surface area contributed by atoms with Crippen molar-refractivity contribution in [3.05, 3.63) is 35.4 Å². The van der Waals surface area contributed by atoms with Crippen LogP contribution in [0.3, 0.4) is 0 Å². The van der Waals surface area contributed by atoms with Crippen molar-refractivity contribution < 1.29 is 35.5 Å². The first-order chi connectivity index (χ1) is 8.40. The van der Waals surface area contributed by atoms with Gasteiger partial charge in [-0.2, -0.15) is 0 Å². The summed E-state index contributed by atoms with van der Waals surface area (Å²) in [5, 5.41) is 0. The average Bonchev–Trinajstić information content (AvgIpc) is 2.27. The normalized spacial score (nSPS) is 13.4. The van der Waals surface area contributed by atoms with Crippen molar-refractivity contribution in [3.8, 4) is 0 Å². The smallest absolute Gasteiger partial charge is 0.351 e. The molecule has 0 heterocycles. The number of hydrogen-bond acceptors (Lipinski definition) is 8. The molecule has 10 heteroatoms. The second-order valence-electron chi connectivity index (χ2n) is 2.73. The summed E-state index contributed by atoms with van der Waals surface area (Å²) in [4.78, 5) is 22.3. The lowest BCUT2D eigenvalue weighted by atomic mass is 10.1. The number of carbonyl (C=O) groups is 2. The predicted octanol–water partition coefficient (Wildman–Crippen LogP) is -0.412. The van der Waals surface area contributed by atoms with Gasteiger partial charge in [0.15, 0.2) is 0 Å². The molecular weight excluding hydrogens is 288 g/mol. The molecule has 1 aromatic rings. The first-order valence-corrected chi connectivity index (χ1v) is 6.14. The number of rotatable bonds is 4. The molecule has 18 heavy (non-hydrogen) atoms. The third-order valence-electron chi connectivity index (χ3n) is 1.62. The lowest BCUT2D eigenvalue weighted by molar-refractivity contribution is 0.0739. The quantitative estimate of drug-likeness (QED) is 0.684. The van der Waals surface area contributed by atoms with Gasteiger partial charge < -0.3 is 17.5 Å². The van der Waals surface area contributed by atoms with Gasteiger partial charge in [-0.1, -0.05) is 6.07 Å². The molecular formula is C8H4O8S2-2. The zero-order valence-corrected chi connectivity index (χ0v) is 10.0. The molecule has 8 nitrogen and oxygen atoms in total. The van der Waals surface area contributed by atoms with Crippen LogP contribution in [-0.2, 0) is 31.1 Å². The topological polar surface area (TPSA) is 133 Å². The molecule has 98 valence electrons. The van der Waals surface area contributed by atoms with E-state index in [-0.39, 0.29) is 11.1 Å². The van der Waals surface area contributed by atoms with Gasteiger partial charge in [-0.15, -0.1) is 0 Å². The SMILES string of the molecule is O=C(OS(=O)[O-])c1cccc(C(=O)OS(=O)[O-])c1. The summed E-state index contributed by atoms with van der Waals surface area (Å²) in [5.74, 6) is -2.41. The average molecular weight is 292 g/mol. The Kier molecular flexibility index (Phi) is 5.09. The van der Waals surface area contributed by atoms with Gasteiger partial charge in [0.2, 0.25) is 0 Å². The van der Waals surface area contributed by atoms with Gasteiger partial charge in [-0.25, -0.2) is 18.0 Å². The molecule has 0 aliphatic heterocycles. The van der Waals surface area contributed by atoms with Gasteiger partial charge in [-0.3, -0.25) is 0 Å². The van der Waals surface area contributed by atoms with Crippen molar-refractivity contribution in [1.29, 1.82) is 0 Å². The van der Waals surface area contributed by atoms with Crippen molar-refractivity contribution >= 4 is 34.7 Å². The molecule has 2 unspecified atom stereocenters. The van der Waals surface area contributed by atoms with E-state index in [1.807, 2.05) is 0 Å². The Bertz CT molecular complexity index is 482. The first-order valence-electron chi connectivity index (χ1n) is 4.14. The Morgan fingerprint density at radius 2 is 1.33 bits per heavy atom. The van der Waals surface area contributed by atoms with E-state index in [9.17, 15) is 27.1 Å². The fourth-order valence-electron chi connectivity index (χ4n) is 0.993. The minimum atomic E-state index is -3.04. The third kappa shape index (κ3) is 4.33. The van der Waals surface area contributed by atoms with E-state index >= 15 is 0 Å². The van der Waals surface area contributed by atoms with Gasteiger partial charge in [-0.05, 0) is 18.2 Å². The molecule has 0 saturated heterocycles. The molecule has 0 bridgehead atoms. The standard InChI is InChI=1S/C8H6O8S2/c9-7(15-17(11)12)5-2-1-3-6(4-5)8(10)16-18(13)14/h1-4H,(H,11,12)(H,13,14)/p-2. The minimum Gasteiger partial charge on any atom is -0.740 e. The Balaban J connectivity index is 2.92. The Labute approximate surface area is 106 Å². The Hall–Kier alpha value is -1.62. The van der Waals surface area contributed by atoms with Crippen molar-refractivity contribution in [1.82, 2.24) is 0 Å². The van der Waals surface area contributed by atoms with E-state index in [0.29, 0.717) is 0 Å². The summed E-state index contributed by atoms with van der Waals surface area (Å²) < 4.78 is 48.2. The van der Waals surface area contributed by atoms with E-state index < -0.39 is 34.7 Å². The highest BCUT2D eigenvalue weighted by atomic mass is 32.2. The van der Waals surface area contributed by atoms with Crippen LogP contribution in [0.1, 0.15) is 20.7 Å². The Morgan fingerprint density at radius 3 is 1.67 bits per heavy atom. The molecule has 0 fully saturated rings. The van der Waals surface area contributed by atoms with E-state index in [2.05, 4.69) is 8.37 Å². The maximum atomic E-state index is 11.2. The predicted molar refractivity (Wildman–Crippen MR) is 55.1 cm³/mol. The summed E-state index contributed by atoms with van der Waals surface area (Å²) in [6.07, 6.45) is 0. The summed E-state index contributed by atoms with van der Waals surface area (Å²) >= 11 is -6.07. The molecule has 1 aromatic carbocycles. The molecule has 0 N–H and O–H groups in total. The number of carbonyl (C=O) groups excluding carboxylic acids is 2. The van der Waals surface area contributed by atoms with E-state index in [4.69, 9.17) is 0 Å². The molecule has 1 rings (SSSR count). The van der Waals surface area contributed by atoms with Gasteiger partial charge in [0.1, 0.15) is 22.7 Å². The number of benzene rings is 1. The van der Waals surface area contributed by atoms with E-state index in [0.717, 1.165) is 6.07 Å². The van der Waals surface area contributed by atoms with Gasteiger partial charge in [0, 0.05) is 0 Å². The second-order valence-corrected chi connectivity index (χ2v) is 3.88. The highest BCUT2D eigenvalue weighted by Gasteiger charge is 2.13. The van der Waals surface area contributed by atoms with Crippen LogP contribution in [-0.4, -0.2) is 29.5 Å². The van der Waals surface area contributed by atoms with Crippen molar-refractivity contribution in [3.63, 3.8) is 0 Å². The molecule has 0 aliphatic carbocycles. The lowest BCUT2D eigenvalue weighted by Gasteiger charge is -2.07. The van der Waals surface area contributed by atoms with Gasteiger partial charge in [0.25, 0.3) is 0 Å². The summed E-state index contributed by atoms with van der Waals surface area (Å²) in [6.45, 7) is 0. The van der Waals surface area contributed by atoms with Crippen LogP contribution < -0.4 is 0 Å². The van der Waals surface area contributed by atoms with Gasteiger partial charge in [0.05, 0.1) is 11.1 Å². The van der Waals surface area contributed by atoms with Crippen molar-refractivity contribution in [2.24, 2.45) is 0 Å². The zero-order chi connectivity index (χ0) is 13.7. The molecule has 0 saturated carbocycles. The maximum absolute atomic E-state index is 11.2. The summed E-state index contributed by atoms with van der Waals surface area (Å²) in [7, 11) is 0. The zero-order valence-electron chi connectivity index (χ0n) is 8.39. The van der Waals surface area contributed by atoms with Crippen molar-refractivity contribution in [2.45, 2.75) is 0 Å². The van der Waals surface area contributed by atoms with Crippen LogP contribution in [0.4, 0.5) is 0 Å². The molecule has 0 aliphatic rings. The maximum Gasteiger partial charge on any atom is 0.351 e. The highest BCUT2D eigenvalue weighted by Crippen LogP contribution is 2.09. The van der Waals surface area contributed by atoms with Crippen LogP contribution in [0, 0.1) is 0 Å². The van der Waals surface area contributed by atoms with E-state index in [1.54, 1.807) is 0 Å². The molecule has 0 radical (unpaired) electrons. The van der Waals surface area contributed by atoms with Gasteiger partial charge >= 0.3 is 11.9 Å².